The number of hydrogen-bond acceptors (Lipinski definition) is 3. The van der Waals surface area contributed by atoms with Crippen LogP contribution in [0.3, 0.4) is 0 Å². The van der Waals surface area contributed by atoms with Gasteiger partial charge in [0, 0.05) is 11.5 Å². The fourth-order valence-electron chi connectivity index (χ4n) is 2.41. The Morgan fingerprint density at radius 3 is 2.32 bits per heavy atom. The van der Waals surface area contributed by atoms with Crippen LogP contribution in [0.4, 0.5) is 5.69 Å². The van der Waals surface area contributed by atoms with Gasteiger partial charge in [0.2, 0.25) is 0 Å². The van der Waals surface area contributed by atoms with Crippen molar-refractivity contribution >= 4 is 11.5 Å². The second-order valence-electron chi connectivity index (χ2n) is 6.24. The molecule has 1 aromatic carbocycles. The van der Waals surface area contributed by atoms with E-state index in [0.29, 0.717) is 23.6 Å². The smallest absolute Gasteiger partial charge is 0.165 e. The minimum atomic E-state index is -0.0149. The van der Waals surface area contributed by atoms with Gasteiger partial charge in [-0.05, 0) is 24.6 Å². The highest BCUT2D eigenvalue weighted by Crippen LogP contribution is 2.24. The molecule has 0 spiro atoms. The van der Waals surface area contributed by atoms with Gasteiger partial charge in [-0.25, -0.2) is 0 Å². The maximum Gasteiger partial charge on any atom is 0.165 e. The van der Waals surface area contributed by atoms with Gasteiger partial charge in [0.15, 0.2) is 5.78 Å². The third-order valence-electron chi connectivity index (χ3n) is 3.82. The summed E-state index contributed by atoms with van der Waals surface area (Å²) in [6.45, 7) is 6.71. The Kier molecular flexibility index (Phi) is 8.64. The second-order valence-corrected chi connectivity index (χ2v) is 6.24. The summed E-state index contributed by atoms with van der Waals surface area (Å²) in [5.41, 5.74) is 7.19. The summed E-state index contributed by atoms with van der Waals surface area (Å²) in [6, 6.07) is 5.34. The zero-order chi connectivity index (χ0) is 16.4. The Morgan fingerprint density at radius 1 is 1.09 bits per heavy atom. The fraction of sp³-hybridized carbons (Fsp3) is 0.632. The molecule has 0 bridgehead atoms. The van der Waals surface area contributed by atoms with E-state index in [1.165, 1.54) is 38.5 Å². The number of ketones is 1. The van der Waals surface area contributed by atoms with Gasteiger partial charge in [-0.3, -0.25) is 4.79 Å². The molecule has 0 heterocycles. The Morgan fingerprint density at radius 2 is 1.73 bits per heavy atom. The third kappa shape index (κ3) is 6.50. The van der Waals surface area contributed by atoms with E-state index in [-0.39, 0.29) is 11.7 Å². The van der Waals surface area contributed by atoms with Gasteiger partial charge in [0.05, 0.1) is 12.3 Å². The molecular formula is C19H31NO2. The first-order valence-electron chi connectivity index (χ1n) is 8.62. The molecule has 0 fully saturated rings. The number of ether oxygens (including phenoxy) is 1. The van der Waals surface area contributed by atoms with Crippen LogP contribution in [0.15, 0.2) is 18.2 Å². The summed E-state index contributed by atoms with van der Waals surface area (Å²) in [7, 11) is 0. The molecule has 3 nitrogen and oxygen atoms in total. The largest absolute Gasteiger partial charge is 0.491 e. The molecule has 2 N–H and O–H groups in total. The average Bonchev–Trinajstić information content (AvgIpc) is 2.50. The minimum absolute atomic E-state index is 0.0149. The van der Waals surface area contributed by atoms with Crippen molar-refractivity contribution in [3.05, 3.63) is 23.8 Å². The summed E-state index contributed by atoms with van der Waals surface area (Å²) in [5.74, 6) is 0.787. The molecule has 0 aliphatic rings. The highest BCUT2D eigenvalue weighted by Gasteiger charge is 2.12. The lowest BCUT2D eigenvalue weighted by Gasteiger charge is -2.11. The summed E-state index contributed by atoms with van der Waals surface area (Å²) in [6.07, 6.45) is 8.83. The lowest BCUT2D eigenvalue weighted by atomic mass is 10.0. The Balaban J connectivity index is 2.30. The molecule has 22 heavy (non-hydrogen) atoms. The summed E-state index contributed by atoms with van der Waals surface area (Å²) in [4.78, 5) is 11.9. The lowest BCUT2D eigenvalue weighted by Crippen LogP contribution is -2.08. The SMILES string of the molecule is CCCCCCCCCOc1ccc(C(=O)C(C)C)cc1N. The van der Waals surface area contributed by atoms with Crippen molar-refractivity contribution in [2.45, 2.75) is 65.7 Å². The lowest BCUT2D eigenvalue weighted by molar-refractivity contribution is 0.0939. The molecule has 0 aliphatic carbocycles. The summed E-state index contributed by atoms with van der Waals surface area (Å²) in [5, 5.41) is 0. The van der Waals surface area contributed by atoms with Gasteiger partial charge in [0.1, 0.15) is 5.75 Å². The van der Waals surface area contributed by atoms with E-state index in [0.717, 1.165) is 6.42 Å². The Bertz CT molecular complexity index is 455. The maximum atomic E-state index is 11.9. The normalized spacial score (nSPS) is 10.9. The quantitative estimate of drug-likeness (QED) is 0.346. The van der Waals surface area contributed by atoms with Crippen molar-refractivity contribution in [1.82, 2.24) is 0 Å². The topological polar surface area (TPSA) is 52.3 Å². The van der Waals surface area contributed by atoms with E-state index in [4.69, 9.17) is 10.5 Å². The standard InChI is InChI=1S/C19H31NO2/c1-4-5-6-7-8-9-10-13-22-18-12-11-16(14-17(18)20)19(21)15(2)3/h11-12,14-15H,4-10,13,20H2,1-3H3. The molecule has 1 rings (SSSR count). The highest BCUT2D eigenvalue weighted by atomic mass is 16.5. The number of nitrogen functional groups attached to an aromatic ring is 1. The number of Topliss-reactive ketones (excluding diaryl/α,β-unsaturated/α-hetero) is 1. The van der Waals surface area contributed by atoms with E-state index >= 15 is 0 Å². The van der Waals surface area contributed by atoms with Gasteiger partial charge in [-0.2, -0.15) is 0 Å². The number of rotatable bonds is 11. The molecule has 0 saturated heterocycles. The van der Waals surface area contributed by atoms with Crippen LogP contribution in [0, 0.1) is 5.92 Å². The zero-order valence-corrected chi connectivity index (χ0v) is 14.4. The van der Waals surface area contributed by atoms with Crippen LogP contribution in [-0.2, 0) is 0 Å². The summed E-state index contributed by atoms with van der Waals surface area (Å²) >= 11 is 0. The fourth-order valence-corrected chi connectivity index (χ4v) is 2.41. The number of unbranched alkanes of at least 4 members (excludes halogenated alkanes) is 6. The molecule has 0 atom stereocenters. The molecular weight excluding hydrogens is 274 g/mol. The van der Waals surface area contributed by atoms with Gasteiger partial charge in [-0.15, -0.1) is 0 Å². The van der Waals surface area contributed by atoms with Crippen molar-refractivity contribution in [3.8, 4) is 5.75 Å². The van der Waals surface area contributed by atoms with E-state index in [2.05, 4.69) is 6.92 Å². The first-order chi connectivity index (χ1) is 10.6. The monoisotopic (exact) mass is 305 g/mol. The van der Waals surface area contributed by atoms with Crippen molar-refractivity contribution in [2.24, 2.45) is 5.92 Å². The second kappa shape index (κ2) is 10.3. The predicted octanol–water partition coefficient (Wildman–Crippen LogP) is 5.24. The van der Waals surface area contributed by atoms with Crippen molar-refractivity contribution < 1.29 is 9.53 Å². The van der Waals surface area contributed by atoms with E-state index < -0.39 is 0 Å². The van der Waals surface area contributed by atoms with Crippen LogP contribution in [0.1, 0.15) is 76.1 Å². The number of nitrogens with two attached hydrogens (primary N) is 1. The van der Waals surface area contributed by atoms with Gasteiger partial charge >= 0.3 is 0 Å². The number of hydrogen-bond donors (Lipinski definition) is 1. The minimum Gasteiger partial charge on any atom is -0.491 e. The van der Waals surface area contributed by atoms with Crippen LogP contribution in [0.5, 0.6) is 5.75 Å². The Hall–Kier alpha value is -1.51. The summed E-state index contributed by atoms with van der Waals surface area (Å²) < 4.78 is 5.72. The molecule has 0 unspecified atom stereocenters. The van der Waals surface area contributed by atoms with Crippen molar-refractivity contribution in [1.29, 1.82) is 0 Å². The first kappa shape index (κ1) is 18.5. The van der Waals surface area contributed by atoms with E-state index in [9.17, 15) is 4.79 Å². The zero-order valence-electron chi connectivity index (χ0n) is 14.4. The molecule has 0 amide bonds. The molecule has 124 valence electrons. The van der Waals surface area contributed by atoms with Crippen molar-refractivity contribution in [2.75, 3.05) is 12.3 Å². The number of anilines is 1. The van der Waals surface area contributed by atoms with Gasteiger partial charge in [-0.1, -0.05) is 59.3 Å². The van der Waals surface area contributed by atoms with Gasteiger partial charge in [0.25, 0.3) is 0 Å². The highest BCUT2D eigenvalue weighted by molar-refractivity contribution is 5.98. The maximum absolute atomic E-state index is 11.9. The molecule has 0 aromatic heterocycles. The van der Waals surface area contributed by atoms with Gasteiger partial charge < -0.3 is 10.5 Å². The third-order valence-corrected chi connectivity index (χ3v) is 3.82. The molecule has 1 aromatic rings. The predicted molar refractivity (Wildman–Crippen MR) is 93.5 cm³/mol. The van der Waals surface area contributed by atoms with Crippen LogP contribution >= 0.6 is 0 Å². The Labute approximate surface area is 135 Å². The molecule has 3 heteroatoms. The molecule has 0 radical (unpaired) electrons. The number of benzene rings is 1. The van der Waals surface area contributed by atoms with E-state index in [1.807, 2.05) is 19.9 Å². The van der Waals surface area contributed by atoms with Crippen LogP contribution < -0.4 is 10.5 Å². The number of carbonyl (C=O) groups excluding carboxylic acids is 1. The molecule has 0 aliphatic heterocycles. The van der Waals surface area contributed by atoms with E-state index in [1.54, 1.807) is 12.1 Å². The number of carbonyl (C=O) groups is 1. The van der Waals surface area contributed by atoms with Crippen LogP contribution in [0.25, 0.3) is 0 Å². The molecule has 0 saturated carbocycles. The average molecular weight is 305 g/mol. The first-order valence-corrected chi connectivity index (χ1v) is 8.62. The van der Waals surface area contributed by atoms with Crippen LogP contribution in [-0.4, -0.2) is 12.4 Å². The van der Waals surface area contributed by atoms with Crippen LogP contribution in [0.2, 0.25) is 0 Å². The van der Waals surface area contributed by atoms with Crippen molar-refractivity contribution in [3.63, 3.8) is 0 Å².